The van der Waals surface area contributed by atoms with Crippen LogP contribution in [0.3, 0.4) is 0 Å². The summed E-state index contributed by atoms with van der Waals surface area (Å²) in [6.45, 7) is 0.709. The molecular weight excluding hydrogens is 875 g/mol. The van der Waals surface area contributed by atoms with Crippen LogP contribution >= 0.6 is 0 Å². The molecular formula is C41H71N9O14S. The fourth-order valence-corrected chi connectivity index (χ4v) is 7.44. The summed E-state index contributed by atoms with van der Waals surface area (Å²) in [5.74, 6) is -5.46. The summed E-state index contributed by atoms with van der Waals surface area (Å²) in [6.07, 6.45) is 14.3. The largest absolute Gasteiger partial charge is 0.480 e. The maximum absolute atomic E-state index is 12.4. The molecule has 2 unspecified atom stereocenters. The molecule has 23 nitrogen and oxygen atoms in total. The Labute approximate surface area is 380 Å². The zero-order valence-electron chi connectivity index (χ0n) is 37.5. The fourth-order valence-electron chi connectivity index (χ4n) is 6.37. The summed E-state index contributed by atoms with van der Waals surface area (Å²) in [5, 5.41) is 42.6. The van der Waals surface area contributed by atoms with E-state index in [1.165, 1.54) is 44.9 Å². The van der Waals surface area contributed by atoms with Gasteiger partial charge in [-0.25, -0.2) is 18.0 Å². The SMILES string of the molecule is O=CCOCCOCCNC(=O)CCC(NC(=O)CCC(NC(=O)CCCNC(=O)CCCS(=O)(=O)NC(=O)CCCCCCCCCCCCCCCc1nn[nH]n1)C(=O)O)C(=O)O. The number of carbonyl (C=O) groups is 8. The minimum absolute atomic E-state index is 0.0349. The second-order valence-electron chi connectivity index (χ2n) is 15.5. The first kappa shape index (κ1) is 57.9. The monoisotopic (exact) mass is 945 g/mol. The standard InChI is InChI=1S/C41H71N9O14S/c51-26-28-64-30-29-63-27-25-43-36(53)22-20-32(40(57)58)45-38(55)23-21-33(41(59)60)44-37(54)18-14-24-42-35(52)19-15-31-65(61,62)48-39(56)17-13-11-9-7-5-3-1-2-4-6-8-10-12-16-34-46-49-50-47-34/h26,32-33H,1-25,27-31H2,(H,42,52)(H,43,53)(H,44,54)(H,45,55)(H,48,56)(H,57,58)(H,59,60)(H,46,47,49,50). The number of unbranched alkanes of at least 4 members (excludes halogenated alkanes) is 12. The molecule has 0 saturated heterocycles. The van der Waals surface area contributed by atoms with Gasteiger partial charge in [-0.3, -0.25) is 28.7 Å². The molecule has 0 aliphatic heterocycles. The van der Waals surface area contributed by atoms with E-state index in [2.05, 4.69) is 46.6 Å². The van der Waals surface area contributed by atoms with Crippen molar-refractivity contribution in [1.82, 2.24) is 46.6 Å². The van der Waals surface area contributed by atoms with Crippen molar-refractivity contribution in [3.05, 3.63) is 5.82 Å². The lowest BCUT2D eigenvalue weighted by molar-refractivity contribution is -0.143. The molecule has 24 heteroatoms. The van der Waals surface area contributed by atoms with Gasteiger partial charge in [0.1, 0.15) is 25.0 Å². The van der Waals surface area contributed by atoms with Gasteiger partial charge in [0.25, 0.3) is 0 Å². The number of hydrogen-bond acceptors (Lipinski definition) is 15. The average molecular weight is 946 g/mol. The lowest BCUT2D eigenvalue weighted by atomic mass is 10.0. The number of nitrogens with one attached hydrogen (secondary N) is 6. The Hall–Kier alpha value is -5.10. The third-order valence-electron chi connectivity index (χ3n) is 9.90. The highest BCUT2D eigenvalue weighted by Crippen LogP contribution is 2.14. The number of sulfonamides is 1. The van der Waals surface area contributed by atoms with E-state index in [1.807, 2.05) is 0 Å². The molecule has 1 aromatic rings. The average Bonchev–Trinajstić information content (AvgIpc) is 3.78. The van der Waals surface area contributed by atoms with Crippen LogP contribution in [-0.4, -0.2) is 144 Å². The normalized spacial score (nSPS) is 12.1. The molecule has 8 N–H and O–H groups in total. The van der Waals surface area contributed by atoms with Crippen LogP contribution in [0.25, 0.3) is 0 Å². The Morgan fingerprint density at radius 3 is 1.65 bits per heavy atom. The van der Waals surface area contributed by atoms with Gasteiger partial charge in [0.2, 0.25) is 39.6 Å². The number of aromatic nitrogens is 4. The molecule has 0 saturated carbocycles. The van der Waals surface area contributed by atoms with Gasteiger partial charge in [-0.2, -0.15) is 5.21 Å². The number of carboxylic acid groups (broad SMARTS) is 2. The third kappa shape index (κ3) is 34.0. The van der Waals surface area contributed by atoms with Crippen LogP contribution in [0.2, 0.25) is 0 Å². The molecule has 0 aliphatic rings. The zero-order valence-corrected chi connectivity index (χ0v) is 38.3. The zero-order chi connectivity index (χ0) is 48.0. The minimum atomic E-state index is -3.91. The van der Waals surface area contributed by atoms with E-state index in [0.717, 1.165) is 44.3 Å². The highest BCUT2D eigenvalue weighted by atomic mass is 32.2. The Balaban J connectivity index is 2.12. The van der Waals surface area contributed by atoms with Gasteiger partial charge in [0, 0.05) is 51.6 Å². The van der Waals surface area contributed by atoms with Crippen molar-refractivity contribution in [2.45, 2.75) is 160 Å². The van der Waals surface area contributed by atoms with Crippen LogP contribution in [0.5, 0.6) is 0 Å². The molecule has 1 heterocycles. The molecule has 2 atom stereocenters. The van der Waals surface area contributed by atoms with Crippen LogP contribution in [0.15, 0.2) is 0 Å². The van der Waals surface area contributed by atoms with Crippen LogP contribution in [-0.2, 0) is 64.3 Å². The van der Waals surface area contributed by atoms with Crippen molar-refractivity contribution in [3.63, 3.8) is 0 Å². The quantitative estimate of drug-likeness (QED) is 0.0339. The Morgan fingerprint density at radius 2 is 1.08 bits per heavy atom. The van der Waals surface area contributed by atoms with Gasteiger partial charge < -0.3 is 45.7 Å². The summed E-state index contributed by atoms with van der Waals surface area (Å²) in [6, 6.07) is -2.89. The molecule has 0 bridgehead atoms. The highest BCUT2D eigenvalue weighted by Gasteiger charge is 2.24. The summed E-state index contributed by atoms with van der Waals surface area (Å²) in [4.78, 5) is 94.8. The molecule has 370 valence electrons. The number of rotatable bonds is 43. The Kier molecular flexibility index (Phi) is 33.1. The van der Waals surface area contributed by atoms with E-state index in [0.29, 0.717) is 12.7 Å². The lowest BCUT2D eigenvalue weighted by Gasteiger charge is -2.17. The van der Waals surface area contributed by atoms with E-state index in [1.54, 1.807) is 0 Å². The van der Waals surface area contributed by atoms with Crippen LogP contribution in [0.4, 0.5) is 0 Å². The van der Waals surface area contributed by atoms with E-state index in [4.69, 9.17) is 9.47 Å². The number of carboxylic acids is 2. The first-order chi connectivity index (χ1) is 31.2. The maximum Gasteiger partial charge on any atom is 0.326 e. The molecule has 5 amide bonds. The van der Waals surface area contributed by atoms with Gasteiger partial charge in [-0.15, -0.1) is 10.2 Å². The highest BCUT2D eigenvalue weighted by molar-refractivity contribution is 7.90. The van der Waals surface area contributed by atoms with Crippen LogP contribution < -0.4 is 26.0 Å². The molecule has 1 aromatic heterocycles. The summed E-state index contributed by atoms with van der Waals surface area (Å²) < 4.78 is 36.8. The van der Waals surface area contributed by atoms with E-state index in [-0.39, 0.29) is 90.9 Å². The van der Waals surface area contributed by atoms with E-state index < -0.39 is 75.8 Å². The minimum Gasteiger partial charge on any atom is -0.480 e. The van der Waals surface area contributed by atoms with Crippen molar-refractivity contribution < 1.29 is 66.5 Å². The second kappa shape index (κ2) is 37.2. The van der Waals surface area contributed by atoms with Gasteiger partial charge >= 0.3 is 11.9 Å². The summed E-state index contributed by atoms with van der Waals surface area (Å²) in [5.41, 5.74) is 0. The molecule has 1 rings (SSSR count). The van der Waals surface area contributed by atoms with Crippen LogP contribution in [0.1, 0.15) is 147 Å². The molecule has 0 aromatic carbocycles. The number of ether oxygens (including phenoxy) is 2. The van der Waals surface area contributed by atoms with E-state index >= 15 is 0 Å². The predicted octanol–water partition coefficient (Wildman–Crippen LogP) is 1.37. The van der Waals surface area contributed by atoms with Gasteiger partial charge in [0.15, 0.2) is 5.82 Å². The fraction of sp³-hybridized carbons (Fsp3) is 0.780. The number of hydrogen-bond donors (Lipinski definition) is 8. The third-order valence-corrected chi connectivity index (χ3v) is 11.3. The van der Waals surface area contributed by atoms with Gasteiger partial charge in [-0.05, 0) is 38.5 Å². The number of amides is 5. The molecule has 0 fully saturated rings. The number of H-pyrrole nitrogens is 1. The molecule has 0 radical (unpaired) electrons. The first-order valence-corrected chi connectivity index (χ1v) is 24.3. The number of tetrazole rings is 1. The van der Waals surface area contributed by atoms with Crippen molar-refractivity contribution in [3.8, 4) is 0 Å². The van der Waals surface area contributed by atoms with E-state index in [9.17, 15) is 57.0 Å². The number of aliphatic carboxylic acids is 2. The summed E-state index contributed by atoms with van der Waals surface area (Å²) >= 11 is 0. The van der Waals surface area contributed by atoms with Gasteiger partial charge in [0.05, 0.1) is 25.6 Å². The number of nitrogens with zero attached hydrogens (tertiary/aromatic N) is 3. The number of aryl methyl sites for hydroxylation is 1. The number of aromatic amines is 1. The van der Waals surface area contributed by atoms with Crippen LogP contribution in [0, 0.1) is 0 Å². The smallest absolute Gasteiger partial charge is 0.326 e. The van der Waals surface area contributed by atoms with Crippen molar-refractivity contribution in [1.29, 1.82) is 0 Å². The maximum atomic E-state index is 12.4. The predicted molar refractivity (Wildman–Crippen MR) is 234 cm³/mol. The van der Waals surface area contributed by atoms with Crippen molar-refractivity contribution >= 4 is 57.8 Å². The molecule has 0 aliphatic carbocycles. The Morgan fingerprint density at radius 1 is 0.585 bits per heavy atom. The topological polar surface area (TPSA) is 344 Å². The summed E-state index contributed by atoms with van der Waals surface area (Å²) in [7, 11) is -3.91. The van der Waals surface area contributed by atoms with Gasteiger partial charge in [-0.1, -0.05) is 75.8 Å². The lowest BCUT2D eigenvalue weighted by Crippen LogP contribution is -2.44. The van der Waals surface area contributed by atoms with Crippen molar-refractivity contribution in [2.75, 3.05) is 45.3 Å². The molecule has 0 spiro atoms. The number of aldehydes is 1. The number of carbonyl (C=O) groups excluding carboxylic acids is 6. The second-order valence-corrected chi connectivity index (χ2v) is 17.4. The molecule has 65 heavy (non-hydrogen) atoms. The Bertz CT molecular complexity index is 1650. The van der Waals surface area contributed by atoms with Crippen molar-refractivity contribution in [2.24, 2.45) is 0 Å². The first-order valence-electron chi connectivity index (χ1n) is 22.6.